The molecule has 1 amide bonds. The van der Waals surface area contributed by atoms with Gasteiger partial charge in [-0.15, -0.1) is 0 Å². The molecular formula is C11H16N4O. The SMILES string of the molecule is CC1=CCCN(C(=O)Cn2ccc(N)n2)C1. The molecule has 5 heteroatoms. The van der Waals surface area contributed by atoms with E-state index >= 15 is 0 Å². The molecule has 1 aromatic heterocycles. The molecule has 0 radical (unpaired) electrons. The molecule has 0 unspecified atom stereocenters. The first-order valence-electron chi connectivity index (χ1n) is 5.37. The minimum Gasteiger partial charge on any atom is -0.382 e. The van der Waals surface area contributed by atoms with Gasteiger partial charge in [0.1, 0.15) is 12.4 Å². The van der Waals surface area contributed by atoms with Crippen molar-refractivity contribution in [1.82, 2.24) is 14.7 Å². The number of nitrogen functional groups attached to an aromatic ring is 1. The van der Waals surface area contributed by atoms with Crippen LogP contribution < -0.4 is 5.73 Å². The van der Waals surface area contributed by atoms with Gasteiger partial charge in [0.15, 0.2) is 0 Å². The lowest BCUT2D eigenvalue weighted by Gasteiger charge is -2.26. The highest BCUT2D eigenvalue weighted by molar-refractivity contribution is 5.76. The molecule has 86 valence electrons. The number of carbonyl (C=O) groups is 1. The van der Waals surface area contributed by atoms with Crippen LogP contribution in [0.4, 0.5) is 5.82 Å². The summed E-state index contributed by atoms with van der Waals surface area (Å²) in [4.78, 5) is 13.8. The van der Waals surface area contributed by atoms with Crippen LogP contribution in [0.1, 0.15) is 13.3 Å². The second-order valence-corrected chi connectivity index (χ2v) is 4.09. The van der Waals surface area contributed by atoms with Crippen LogP contribution >= 0.6 is 0 Å². The molecule has 16 heavy (non-hydrogen) atoms. The van der Waals surface area contributed by atoms with Crippen LogP contribution in [0.3, 0.4) is 0 Å². The van der Waals surface area contributed by atoms with Gasteiger partial charge in [0.25, 0.3) is 0 Å². The number of nitrogens with two attached hydrogens (primary N) is 1. The standard InChI is InChI=1S/C11H16N4O/c1-9-3-2-5-14(7-9)11(16)8-15-6-4-10(12)13-15/h3-4,6H,2,5,7-8H2,1H3,(H2,12,13). The third kappa shape index (κ3) is 2.42. The quantitative estimate of drug-likeness (QED) is 0.744. The molecule has 0 aliphatic carbocycles. The molecule has 0 aromatic carbocycles. The first-order valence-corrected chi connectivity index (χ1v) is 5.37. The lowest BCUT2D eigenvalue weighted by atomic mass is 10.1. The van der Waals surface area contributed by atoms with Crippen molar-refractivity contribution in [1.29, 1.82) is 0 Å². The van der Waals surface area contributed by atoms with Gasteiger partial charge >= 0.3 is 0 Å². The van der Waals surface area contributed by atoms with E-state index in [1.165, 1.54) is 5.57 Å². The van der Waals surface area contributed by atoms with Gasteiger partial charge in [0.2, 0.25) is 5.91 Å². The average molecular weight is 220 g/mol. The smallest absolute Gasteiger partial charge is 0.244 e. The number of carbonyl (C=O) groups excluding carboxylic acids is 1. The van der Waals surface area contributed by atoms with Crippen molar-refractivity contribution >= 4 is 11.7 Å². The first kappa shape index (κ1) is 10.7. The molecule has 1 aliphatic rings. The van der Waals surface area contributed by atoms with Crippen LogP contribution in [0.25, 0.3) is 0 Å². The lowest BCUT2D eigenvalue weighted by molar-refractivity contribution is -0.131. The van der Waals surface area contributed by atoms with Gasteiger partial charge in [-0.2, -0.15) is 5.10 Å². The Bertz CT molecular complexity index is 421. The Hall–Kier alpha value is -1.78. The van der Waals surface area contributed by atoms with Gasteiger partial charge in [-0.3, -0.25) is 9.48 Å². The molecule has 1 aliphatic heterocycles. The average Bonchev–Trinajstić information content (AvgIpc) is 2.64. The van der Waals surface area contributed by atoms with Crippen molar-refractivity contribution in [2.45, 2.75) is 19.9 Å². The Morgan fingerprint density at radius 3 is 3.06 bits per heavy atom. The molecule has 2 rings (SSSR count). The van der Waals surface area contributed by atoms with E-state index in [4.69, 9.17) is 5.73 Å². The maximum atomic E-state index is 11.9. The summed E-state index contributed by atoms with van der Waals surface area (Å²) in [5.74, 6) is 0.540. The largest absolute Gasteiger partial charge is 0.382 e. The number of hydrogen-bond acceptors (Lipinski definition) is 3. The van der Waals surface area contributed by atoms with Crippen LogP contribution in [-0.2, 0) is 11.3 Å². The van der Waals surface area contributed by atoms with E-state index in [0.717, 1.165) is 19.5 Å². The number of anilines is 1. The Morgan fingerprint density at radius 2 is 2.44 bits per heavy atom. The summed E-state index contributed by atoms with van der Waals surface area (Å²) in [5, 5.41) is 4.00. The Labute approximate surface area is 94.5 Å². The monoisotopic (exact) mass is 220 g/mol. The molecular weight excluding hydrogens is 204 g/mol. The normalized spacial score (nSPS) is 16.1. The van der Waals surface area contributed by atoms with Crippen LogP contribution in [0.2, 0.25) is 0 Å². The maximum Gasteiger partial charge on any atom is 0.244 e. The zero-order valence-electron chi connectivity index (χ0n) is 9.39. The van der Waals surface area contributed by atoms with Crippen molar-refractivity contribution in [2.24, 2.45) is 0 Å². The Balaban J connectivity index is 1.96. The molecule has 2 N–H and O–H groups in total. The molecule has 0 bridgehead atoms. The van der Waals surface area contributed by atoms with E-state index in [1.807, 2.05) is 11.8 Å². The maximum absolute atomic E-state index is 11.9. The topological polar surface area (TPSA) is 64.2 Å². The fourth-order valence-electron chi connectivity index (χ4n) is 1.83. The molecule has 2 heterocycles. The minimum absolute atomic E-state index is 0.0931. The van der Waals surface area contributed by atoms with Gasteiger partial charge in [-0.1, -0.05) is 11.6 Å². The summed E-state index contributed by atoms with van der Waals surface area (Å²) in [6.07, 6.45) is 4.84. The molecule has 0 spiro atoms. The van der Waals surface area contributed by atoms with Crippen molar-refractivity contribution in [3.8, 4) is 0 Å². The van der Waals surface area contributed by atoms with Crippen LogP contribution in [0, 0.1) is 0 Å². The summed E-state index contributed by atoms with van der Waals surface area (Å²) in [5.41, 5.74) is 6.74. The Kier molecular flexibility index (Phi) is 2.94. The van der Waals surface area contributed by atoms with Gasteiger partial charge in [0.05, 0.1) is 0 Å². The van der Waals surface area contributed by atoms with Crippen molar-refractivity contribution in [3.63, 3.8) is 0 Å². The van der Waals surface area contributed by atoms with Gasteiger partial charge < -0.3 is 10.6 Å². The molecule has 0 fully saturated rings. The van der Waals surface area contributed by atoms with Gasteiger partial charge in [0, 0.05) is 19.3 Å². The molecule has 0 saturated heterocycles. The molecule has 1 aromatic rings. The number of nitrogens with zero attached hydrogens (tertiary/aromatic N) is 3. The fraction of sp³-hybridized carbons (Fsp3) is 0.455. The number of amides is 1. The summed E-state index contributed by atoms with van der Waals surface area (Å²) in [6.45, 7) is 3.85. The highest BCUT2D eigenvalue weighted by Crippen LogP contribution is 2.09. The van der Waals surface area contributed by atoms with Crippen molar-refractivity contribution < 1.29 is 4.79 Å². The van der Waals surface area contributed by atoms with E-state index in [-0.39, 0.29) is 12.5 Å². The second kappa shape index (κ2) is 4.38. The predicted octanol–water partition coefficient (Wildman–Crippen LogP) is 0.644. The summed E-state index contributed by atoms with van der Waals surface area (Å²) < 4.78 is 1.57. The summed E-state index contributed by atoms with van der Waals surface area (Å²) in [7, 11) is 0. The van der Waals surface area contributed by atoms with Crippen LogP contribution in [0.15, 0.2) is 23.9 Å². The first-order chi connectivity index (χ1) is 7.65. The summed E-state index contributed by atoms with van der Waals surface area (Å²) >= 11 is 0. The van der Waals surface area contributed by atoms with E-state index in [2.05, 4.69) is 11.2 Å². The van der Waals surface area contributed by atoms with Gasteiger partial charge in [-0.25, -0.2) is 0 Å². The van der Waals surface area contributed by atoms with Crippen molar-refractivity contribution in [2.75, 3.05) is 18.8 Å². The molecule has 0 atom stereocenters. The number of hydrogen-bond donors (Lipinski definition) is 1. The molecule has 5 nitrogen and oxygen atoms in total. The highest BCUT2D eigenvalue weighted by atomic mass is 16.2. The van der Waals surface area contributed by atoms with E-state index < -0.39 is 0 Å². The van der Waals surface area contributed by atoms with Gasteiger partial charge in [-0.05, 0) is 19.4 Å². The van der Waals surface area contributed by atoms with Crippen molar-refractivity contribution in [3.05, 3.63) is 23.9 Å². The minimum atomic E-state index is 0.0931. The molecule has 0 saturated carbocycles. The Morgan fingerprint density at radius 1 is 1.62 bits per heavy atom. The summed E-state index contributed by atoms with van der Waals surface area (Å²) in [6, 6.07) is 1.69. The van der Waals surface area contributed by atoms with E-state index in [0.29, 0.717) is 5.82 Å². The third-order valence-corrected chi connectivity index (χ3v) is 2.64. The zero-order chi connectivity index (χ0) is 11.5. The van der Waals surface area contributed by atoms with Crippen LogP contribution in [-0.4, -0.2) is 33.7 Å². The predicted molar refractivity (Wildman–Crippen MR) is 61.6 cm³/mol. The van der Waals surface area contributed by atoms with Crippen LogP contribution in [0.5, 0.6) is 0 Å². The van der Waals surface area contributed by atoms with E-state index in [1.54, 1.807) is 16.9 Å². The highest BCUT2D eigenvalue weighted by Gasteiger charge is 2.16. The third-order valence-electron chi connectivity index (χ3n) is 2.64. The fourth-order valence-corrected chi connectivity index (χ4v) is 1.83. The lowest BCUT2D eigenvalue weighted by Crippen LogP contribution is -2.37. The number of aromatic nitrogens is 2. The number of rotatable bonds is 2. The second-order valence-electron chi connectivity index (χ2n) is 4.09. The zero-order valence-corrected chi connectivity index (χ0v) is 9.39. The van der Waals surface area contributed by atoms with E-state index in [9.17, 15) is 4.79 Å².